The SMILES string of the molecule is CCC(C)SCc1nc(NC)cc(-c2ccccc2)n1. The highest BCUT2D eigenvalue weighted by Crippen LogP contribution is 2.23. The maximum atomic E-state index is 4.69. The summed E-state index contributed by atoms with van der Waals surface area (Å²) in [7, 11) is 1.89. The third-order valence-corrected chi connectivity index (χ3v) is 4.50. The highest BCUT2D eigenvalue weighted by atomic mass is 32.2. The Hall–Kier alpha value is -1.55. The molecule has 1 aromatic heterocycles. The lowest BCUT2D eigenvalue weighted by molar-refractivity contribution is 0.901. The summed E-state index contributed by atoms with van der Waals surface area (Å²) in [5.41, 5.74) is 2.10. The normalized spacial score (nSPS) is 12.2. The lowest BCUT2D eigenvalue weighted by Gasteiger charge is -2.10. The number of hydrogen-bond acceptors (Lipinski definition) is 4. The summed E-state index contributed by atoms with van der Waals surface area (Å²) in [6.07, 6.45) is 1.17. The molecule has 3 nitrogen and oxygen atoms in total. The highest BCUT2D eigenvalue weighted by Gasteiger charge is 2.07. The van der Waals surface area contributed by atoms with Gasteiger partial charge in [0.25, 0.3) is 0 Å². The summed E-state index contributed by atoms with van der Waals surface area (Å²) < 4.78 is 0. The van der Waals surface area contributed by atoms with E-state index in [4.69, 9.17) is 0 Å². The lowest BCUT2D eigenvalue weighted by Crippen LogP contribution is -2.02. The van der Waals surface area contributed by atoms with Gasteiger partial charge in [0.1, 0.15) is 11.6 Å². The predicted octanol–water partition coefficient (Wildman–Crippen LogP) is 4.22. The number of anilines is 1. The average molecular weight is 287 g/mol. The zero-order valence-electron chi connectivity index (χ0n) is 12.3. The van der Waals surface area contributed by atoms with E-state index in [0.29, 0.717) is 5.25 Å². The van der Waals surface area contributed by atoms with Crippen LogP contribution in [0, 0.1) is 0 Å². The molecule has 0 amide bonds. The smallest absolute Gasteiger partial charge is 0.141 e. The van der Waals surface area contributed by atoms with Crippen molar-refractivity contribution in [1.29, 1.82) is 0 Å². The number of rotatable bonds is 6. The topological polar surface area (TPSA) is 37.8 Å². The van der Waals surface area contributed by atoms with E-state index in [0.717, 1.165) is 28.7 Å². The predicted molar refractivity (Wildman–Crippen MR) is 88.1 cm³/mol. The van der Waals surface area contributed by atoms with Gasteiger partial charge in [-0.3, -0.25) is 0 Å². The fourth-order valence-corrected chi connectivity index (χ4v) is 2.58. The van der Waals surface area contributed by atoms with E-state index in [1.807, 2.05) is 43.1 Å². The van der Waals surface area contributed by atoms with E-state index in [9.17, 15) is 0 Å². The number of nitrogens with one attached hydrogen (secondary N) is 1. The van der Waals surface area contributed by atoms with Gasteiger partial charge in [-0.1, -0.05) is 44.2 Å². The maximum Gasteiger partial charge on any atom is 0.141 e. The molecule has 0 aliphatic rings. The van der Waals surface area contributed by atoms with Gasteiger partial charge in [0.05, 0.1) is 11.4 Å². The van der Waals surface area contributed by atoms with Gasteiger partial charge >= 0.3 is 0 Å². The van der Waals surface area contributed by atoms with E-state index < -0.39 is 0 Å². The first kappa shape index (κ1) is 14.9. The van der Waals surface area contributed by atoms with Crippen molar-refractivity contribution in [3.63, 3.8) is 0 Å². The molecule has 106 valence electrons. The van der Waals surface area contributed by atoms with Gasteiger partial charge in [-0.2, -0.15) is 11.8 Å². The van der Waals surface area contributed by atoms with Gasteiger partial charge in [0, 0.05) is 23.9 Å². The summed E-state index contributed by atoms with van der Waals surface area (Å²) in [5, 5.41) is 3.75. The third-order valence-electron chi connectivity index (χ3n) is 3.17. The van der Waals surface area contributed by atoms with Crippen molar-refractivity contribution < 1.29 is 0 Å². The molecule has 1 heterocycles. The molecule has 2 rings (SSSR count). The van der Waals surface area contributed by atoms with Crippen LogP contribution in [-0.4, -0.2) is 22.3 Å². The largest absolute Gasteiger partial charge is 0.373 e. The summed E-state index contributed by atoms with van der Waals surface area (Å²) in [6.45, 7) is 4.45. The van der Waals surface area contributed by atoms with Crippen LogP contribution in [0.2, 0.25) is 0 Å². The Morgan fingerprint density at radius 1 is 1.20 bits per heavy atom. The Morgan fingerprint density at radius 2 is 1.95 bits per heavy atom. The van der Waals surface area contributed by atoms with Gasteiger partial charge in [-0.25, -0.2) is 9.97 Å². The van der Waals surface area contributed by atoms with E-state index in [2.05, 4.69) is 41.3 Å². The van der Waals surface area contributed by atoms with Crippen LogP contribution in [0.4, 0.5) is 5.82 Å². The average Bonchev–Trinajstić information content (AvgIpc) is 2.53. The van der Waals surface area contributed by atoms with E-state index in [1.165, 1.54) is 6.42 Å². The molecule has 4 heteroatoms. The number of nitrogens with zero attached hydrogens (tertiary/aromatic N) is 2. The van der Waals surface area contributed by atoms with Crippen LogP contribution in [0.3, 0.4) is 0 Å². The second-order valence-electron chi connectivity index (χ2n) is 4.70. The van der Waals surface area contributed by atoms with Crippen LogP contribution in [0.15, 0.2) is 36.4 Å². The molecule has 0 bridgehead atoms. The second-order valence-corrected chi connectivity index (χ2v) is 6.13. The van der Waals surface area contributed by atoms with Gasteiger partial charge in [-0.15, -0.1) is 0 Å². The van der Waals surface area contributed by atoms with E-state index in [1.54, 1.807) is 0 Å². The van der Waals surface area contributed by atoms with Crippen molar-refractivity contribution in [2.24, 2.45) is 0 Å². The van der Waals surface area contributed by atoms with Crippen LogP contribution in [0.1, 0.15) is 26.1 Å². The molecule has 0 saturated heterocycles. The monoisotopic (exact) mass is 287 g/mol. The van der Waals surface area contributed by atoms with Crippen molar-refractivity contribution in [2.75, 3.05) is 12.4 Å². The molecule has 0 radical (unpaired) electrons. The first-order valence-electron chi connectivity index (χ1n) is 6.95. The minimum atomic E-state index is 0.636. The summed E-state index contributed by atoms with van der Waals surface area (Å²) in [5.74, 6) is 2.62. The Labute approximate surface area is 125 Å². The Morgan fingerprint density at radius 3 is 2.60 bits per heavy atom. The summed E-state index contributed by atoms with van der Waals surface area (Å²) in [4.78, 5) is 9.23. The molecule has 0 fully saturated rings. The minimum Gasteiger partial charge on any atom is -0.373 e. The summed E-state index contributed by atoms with van der Waals surface area (Å²) >= 11 is 1.90. The van der Waals surface area contributed by atoms with Crippen LogP contribution in [0.25, 0.3) is 11.3 Å². The number of benzene rings is 1. The molecule has 2 aromatic rings. The van der Waals surface area contributed by atoms with Crippen LogP contribution >= 0.6 is 11.8 Å². The minimum absolute atomic E-state index is 0.636. The van der Waals surface area contributed by atoms with Crippen molar-refractivity contribution in [1.82, 2.24) is 9.97 Å². The molecule has 1 N–H and O–H groups in total. The number of hydrogen-bond donors (Lipinski definition) is 1. The van der Waals surface area contributed by atoms with Gasteiger partial charge in [0.15, 0.2) is 0 Å². The zero-order valence-corrected chi connectivity index (χ0v) is 13.1. The van der Waals surface area contributed by atoms with Crippen molar-refractivity contribution in [3.05, 3.63) is 42.2 Å². The Kier molecular flexibility index (Phi) is 5.41. The highest BCUT2D eigenvalue weighted by molar-refractivity contribution is 7.99. The van der Waals surface area contributed by atoms with E-state index >= 15 is 0 Å². The lowest BCUT2D eigenvalue weighted by atomic mass is 10.1. The number of thioether (sulfide) groups is 1. The van der Waals surface area contributed by atoms with E-state index in [-0.39, 0.29) is 0 Å². The fraction of sp³-hybridized carbons (Fsp3) is 0.375. The van der Waals surface area contributed by atoms with Crippen LogP contribution in [-0.2, 0) is 5.75 Å². The molecule has 0 spiro atoms. The first-order chi connectivity index (χ1) is 9.72. The molecular formula is C16H21N3S. The quantitative estimate of drug-likeness (QED) is 0.863. The molecule has 1 unspecified atom stereocenters. The molecule has 0 saturated carbocycles. The van der Waals surface area contributed by atoms with Gasteiger partial charge < -0.3 is 5.32 Å². The second kappa shape index (κ2) is 7.29. The molecule has 1 aromatic carbocycles. The molecule has 0 aliphatic carbocycles. The van der Waals surface area contributed by atoms with Crippen molar-refractivity contribution >= 4 is 17.6 Å². The fourth-order valence-electron chi connectivity index (χ4n) is 1.78. The van der Waals surface area contributed by atoms with Crippen LogP contribution < -0.4 is 5.32 Å². The Bertz CT molecular complexity index is 543. The molecule has 0 aliphatic heterocycles. The van der Waals surface area contributed by atoms with Crippen molar-refractivity contribution in [2.45, 2.75) is 31.3 Å². The number of aromatic nitrogens is 2. The molecule has 1 atom stereocenters. The summed E-state index contributed by atoms with van der Waals surface area (Å²) in [6, 6.07) is 12.2. The van der Waals surface area contributed by atoms with Gasteiger partial charge in [0.2, 0.25) is 0 Å². The maximum absolute atomic E-state index is 4.69. The molecular weight excluding hydrogens is 266 g/mol. The Balaban J connectivity index is 2.25. The van der Waals surface area contributed by atoms with Crippen LogP contribution in [0.5, 0.6) is 0 Å². The third kappa shape index (κ3) is 3.97. The first-order valence-corrected chi connectivity index (χ1v) is 8.00. The molecule has 20 heavy (non-hydrogen) atoms. The zero-order chi connectivity index (χ0) is 14.4. The standard InChI is InChI=1S/C16H21N3S/c1-4-12(2)20-11-16-18-14(10-15(17-3)19-16)13-8-6-5-7-9-13/h5-10,12H,4,11H2,1-3H3,(H,17,18,19). The van der Waals surface area contributed by atoms with Gasteiger partial charge in [-0.05, 0) is 6.42 Å². The van der Waals surface area contributed by atoms with Crippen molar-refractivity contribution in [3.8, 4) is 11.3 Å².